The summed E-state index contributed by atoms with van der Waals surface area (Å²) in [5.74, 6) is -1.71. The maximum Gasteiger partial charge on any atom is 0.254 e. The number of aryl methyl sites for hydroxylation is 1. The van der Waals surface area contributed by atoms with E-state index in [-0.39, 0.29) is 35.7 Å². The first kappa shape index (κ1) is 24.1. The molecule has 0 radical (unpaired) electrons. The Hall–Kier alpha value is -3.56. The third-order valence-corrected chi connectivity index (χ3v) is 6.41. The van der Waals surface area contributed by atoms with Crippen LogP contribution in [0.1, 0.15) is 31.8 Å². The average Bonchev–Trinajstić information content (AvgIpc) is 2.81. The molecule has 0 aliphatic heterocycles. The van der Waals surface area contributed by atoms with Crippen LogP contribution in [0.5, 0.6) is 0 Å². The molecule has 0 aliphatic carbocycles. The Morgan fingerprint density at radius 2 is 1.48 bits per heavy atom. The molecule has 9 heteroatoms. The number of rotatable bonds is 9. The van der Waals surface area contributed by atoms with Gasteiger partial charge >= 0.3 is 0 Å². The van der Waals surface area contributed by atoms with Crippen molar-refractivity contribution >= 4 is 21.8 Å². The van der Waals surface area contributed by atoms with Crippen molar-refractivity contribution < 1.29 is 22.4 Å². The fourth-order valence-corrected chi connectivity index (χ4v) is 4.36. The van der Waals surface area contributed by atoms with Crippen LogP contribution in [-0.2, 0) is 16.6 Å². The van der Waals surface area contributed by atoms with Crippen LogP contribution < -0.4 is 15.4 Å². The second kappa shape index (κ2) is 10.8. The molecule has 3 N–H and O–H groups in total. The van der Waals surface area contributed by atoms with E-state index < -0.39 is 27.7 Å². The molecule has 7 nitrogen and oxygen atoms in total. The van der Waals surface area contributed by atoms with E-state index >= 15 is 0 Å². The molecule has 0 fully saturated rings. The lowest BCUT2D eigenvalue weighted by Crippen LogP contribution is -2.35. The molecule has 2 amide bonds. The molecule has 0 aromatic heterocycles. The second-order valence-electron chi connectivity index (χ2n) is 7.28. The van der Waals surface area contributed by atoms with E-state index in [0.717, 1.165) is 5.56 Å². The maximum atomic E-state index is 13.6. The fraction of sp³-hybridized carbons (Fsp3) is 0.167. The third kappa shape index (κ3) is 6.47. The lowest BCUT2D eigenvalue weighted by atomic mass is 10.1. The van der Waals surface area contributed by atoms with Crippen LogP contribution >= 0.6 is 0 Å². The predicted octanol–water partition coefficient (Wildman–Crippen LogP) is 2.77. The highest BCUT2D eigenvalue weighted by Gasteiger charge is 2.19. The molecule has 0 saturated heterocycles. The molecule has 3 aromatic carbocycles. The number of sulfonamides is 1. The first-order chi connectivity index (χ1) is 15.8. The normalized spacial score (nSPS) is 11.1. The van der Waals surface area contributed by atoms with Gasteiger partial charge < -0.3 is 10.6 Å². The summed E-state index contributed by atoms with van der Waals surface area (Å²) in [5, 5.41) is 5.14. The minimum absolute atomic E-state index is 0.0129. The number of carbonyl (C=O) groups is 2. The van der Waals surface area contributed by atoms with Crippen LogP contribution in [0, 0.1) is 12.7 Å². The molecular weight excluding hydrogens is 445 g/mol. The average molecular weight is 470 g/mol. The Balaban J connectivity index is 1.58. The molecule has 0 saturated carbocycles. The molecule has 0 aliphatic rings. The summed E-state index contributed by atoms with van der Waals surface area (Å²) in [4.78, 5) is 24.5. The summed E-state index contributed by atoms with van der Waals surface area (Å²) in [6.45, 7) is 1.94. The van der Waals surface area contributed by atoms with E-state index in [4.69, 9.17) is 0 Å². The van der Waals surface area contributed by atoms with Gasteiger partial charge in [-0.25, -0.2) is 17.5 Å². The second-order valence-corrected chi connectivity index (χ2v) is 9.02. The molecule has 3 aromatic rings. The topological polar surface area (TPSA) is 104 Å². The van der Waals surface area contributed by atoms with E-state index in [1.54, 1.807) is 19.1 Å². The van der Waals surface area contributed by atoms with Crippen LogP contribution in [0.15, 0.2) is 77.7 Å². The molecule has 0 heterocycles. The van der Waals surface area contributed by atoms with Gasteiger partial charge in [0.2, 0.25) is 10.0 Å². The molecule has 0 atom stereocenters. The number of hydrogen-bond acceptors (Lipinski definition) is 4. The molecule has 33 heavy (non-hydrogen) atoms. The summed E-state index contributed by atoms with van der Waals surface area (Å²) >= 11 is 0. The number of amides is 2. The van der Waals surface area contributed by atoms with E-state index in [1.165, 1.54) is 30.3 Å². The van der Waals surface area contributed by atoms with Crippen LogP contribution in [0.3, 0.4) is 0 Å². The van der Waals surface area contributed by atoms with Gasteiger partial charge in [0.15, 0.2) is 0 Å². The summed E-state index contributed by atoms with van der Waals surface area (Å²) in [6.07, 6.45) is 0. The van der Waals surface area contributed by atoms with Crippen molar-refractivity contribution in [3.05, 3.63) is 101 Å². The first-order valence-electron chi connectivity index (χ1n) is 10.2. The zero-order valence-electron chi connectivity index (χ0n) is 18.0. The lowest BCUT2D eigenvalue weighted by Gasteiger charge is -2.12. The number of hydrogen-bond donors (Lipinski definition) is 3. The highest BCUT2D eigenvalue weighted by atomic mass is 32.2. The molecule has 0 spiro atoms. The SMILES string of the molecule is Cc1ccc(C(=O)NCCNC(=O)c2ccccc2F)cc1S(=O)(=O)NCc1ccccc1. The molecule has 0 bridgehead atoms. The van der Waals surface area contributed by atoms with Crippen molar-refractivity contribution in [2.75, 3.05) is 13.1 Å². The van der Waals surface area contributed by atoms with E-state index in [9.17, 15) is 22.4 Å². The van der Waals surface area contributed by atoms with Crippen LogP contribution in [0.25, 0.3) is 0 Å². The zero-order chi connectivity index (χ0) is 23.8. The number of carbonyl (C=O) groups excluding carboxylic acids is 2. The minimum atomic E-state index is -3.84. The Morgan fingerprint density at radius 3 is 2.18 bits per heavy atom. The van der Waals surface area contributed by atoms with E-state index in [2.05, 4.69) is 15.4 Å². The van der Waals surface area contributed by atoms with Crippen molar-refractivity contribution in [1.29, 1.82) is 0 Å². The zero-order valence-corrected chi connectivity index (χ0v) is 18.8. The highest BCUT2D eigenvalue weighted by Crippen LogP contribution is 2.17. The highest BCUT2D eigenvalue weighted by molar-refractivity contribution is 7.89. The Kier molecular flexibility index (Phi) is 7.92. The number of benzene rings is 3. The van der Waals surface area contributed by atoms with Gasteiger partial charge in [0, 0.05) is 25.2 Å². The quantitative estimate of drug-likeness (QED) is 0.419. The summed E-state index contributed by atoms with van der Waals surface area (Å²) in [7, 11) is -3.84. The molecule has 0 unspecified atom stereocenters. The number of nitrogens with one attached hydrogen (secondary N) is 3. The molecule has 3 rings (SSSR count). The van der Waals surface area contributed by atoms with Gasteiger partial charge in [-0.05, 0) is 42.3 Å². The lowest BCUT2D eigenvalue weighted by molar-refractivity contribution is 0.0925. The molecular formula is C24H24FN3O4S. The Morgan fingerprint density at radius 1 is 0.848 bits per heavy atom. The molecule has 172 valence electrons. The fourth-order valence-electron chi connectivity index (χ4n) is 3.08. The number of halogens is 1. The van der Waals surface area contributed by atoms with Gasteiger partial charge in [0.25, 0.3) is 11.8 Å². The summed E-state index contributed by atoms with van der Waals surface area (Å²) in [6, 6.07) is 19.1. The van der Waals surface area contributed by atoms with Crippen molar-refractivity contribution in [2.45, 2.75) is 18.4 Å². The van der Waals surface area contributed by atoms with Crippen LogP contribution in [0.2, 0.25) is 0 Å². The van der Waals surface area contributed by atoms with Crippen molar-refractivity contribution in [2.24, 2.45) is 0 Å². The summed E-state index contributed by atoms with van der Waals surface area (Å²) < 4.78 is 41.7. The summed E-state index contributed by atoms with van der Waals surface area (Å²) in [5.41, 5.74) is 1.40. The van der Waals surface area contributed by atoms with Crippen molar-refractivity contribution in [3.8, 4) is 0 Å². The predicted molar refractivity (Wildman–Crippen MR) is 123 cm³/mol. The Bertz CT molecular complexity index is 1250. The van der Waals surface area contributed by atoms with Gasteiger partial charge in [0.1, 0.15) is 5.82 Å². The van der Waals surface area contributed by atoms with E-state index in [0.29, 0.717) is 5.56 Å². The maximum absolute atomic E-state index is 13.6. The van der Waals surface area contributed by atoms with Gasteiger partial charge in [0.05, 0.1) is 10.5 Å². The standard InChI is InChI=1S/C24H24FN3O4S/c1-17-11-12-19(15-22(17)33(31,32)28-16-18-7-3-2-4-8-18)23(29)26-13-14-27-24(30)20-9-5-6-10-21(20)25/h2-12,15,28H,13-14,16H2,1H3,(H,26,29)(H,27,30). The largest absolute Gasteiger partial charge is 0.350 e. The monoisotopic (exact) mass is 469 g/mol. The first-order valence-corrected chi connectivity index (χ1v) is 11.7. The van der Waals surface area contributed by atoms with Gasteiger partial charge in [-0.2, -0.15) is 0 Å². The van der Waals surface area contributed by atoms with Crippen molar-refractivity contribution in [1.82, 2.24) is 15.4 Å². The van der Waals surface area contributed by atoms with E-state index in [1.807, 2.05) is 30.3 Å². The van der Waals surface area contributed by atoms with Crippen LogP contribution in [0.4, 0.5) is 4.39 Å². The van der Waals surface area contributed by atoms with Gasteiger partial charge in [-0.3, -0.25) is 9.59 Å². The third-order valence-electron chi connectivity index (χ3n) is 4.86. The Labute approximate surface area is 192 Å². The van der Waals surface area contributed by atoms with Gasteiger partial charge in [-0.1, -0.05) is 48.5 Å². The van der Waals surface area contributed by atoms with Crippen molar-refractivity contribution in [3.63, 3.8) is 0 Å². The smallest absolute Gasteiger partial charge is 0.254 e. The van der Waals surface area contributed by atoms with Gasteiger partial charge in [-0.15, -0.1) is 0 Å². The minimum Gasteiger partial charge on any atom is -0.350 e. The van der Waals surface area contributed by atoms with Crippen LogP contribution in [-0.4, -0.2) is 33.3 Å².